The van der Waals surface area contributed by atoms with E-state index in [1.807, 2.05) is 0 Å². The highest BCUT2D eigenvalue weighted by molar-refractivity contribution is 6.35. The second-order valence-electron chi connectivity index (χ2n) is 5.54. The van der Waals surface area contributed by atoms with E-state index in [0.717, 1.165) is 12.8 Å². The fraction of sp³-hybridized carbons (Fsp3) is 0.533. The van der Waals surface area contributed by atoms with Crippen molar-refractivity contribution in [3.63, 3.8) is 0 Å². The van der Waals surface area contributed by atoms with Crippen molar-refractivity contribution in [1.29, 1.82) is 5.26 Å². The standard InChI is InChI=1S/C15H17Cl2NO/c1-10-3-2-6-15(8-10,9-18)14(19)12-5-4-11(16)7-13(12)17/h4-5,7,10,14,19H,2-3,6,8H2,1H3. The molecule has 1 aromatic carbocycles. The summed E-state index contributed by atoms with van der Waals surface area (Å²) in [5, 5.41) is 21.1. The smallest absolute Gasteiger partial charge is 0.0990 e. The number of aliphatic hydroxyl groups excluding tert-OH is 1. The van der Waals surface area contributed by atoms with Gasteiger partial charge in [-0.3, -0.25) is 0 Å². The first-order chi connectivity index (χ1) is 8.98. The second kappa shape index (κ2) is 5.71. The van der Waals surface area contributed by atoms with E-state index in [0.29, 0.717) is 34.4 Å². The molecule has 0 aliphatic heterocycles. The third-order valence-corrected chi connectivity index (χ3v) is 4.60. The summed E-state index contributed by atoms with van der Waals surface area (Å²) in [7, 11) is 0. The van der Waals surface area contributed by atoms with E-state index in [1.165, 1.54) is 0 Å². The van der Waals surface area contributed by atoms with E-state index in [-0.39, 0.29) is 0 Å². The van der Waals surface area contributed by atoms with E-state index in [4.69, 9.17) is 23.2 Å². The van der Waals surface area contributed by atoms with Crippen molar-refractivity contribution in [1.82, 2.24) is 0 Å². The molecule has 4 heteroatoms. The Labute approximate surface area is 124 Å². The van der Waals surface area contributed by atoms with Crippen LogP contribution in [-0.2, 0) is 0 Å². The Morgan fingerprint density at radius 3 is 2.79 bits per heavy atom. The van der Waals surface area contributed by atoms with Gasteiger partial charge in [0.15, 0.2) is 0 Å². The number of hydrogen-bond acceptors (Lipinski definition) is 2. The van der Waals surface area contributed by atoms with Crippen molar-refractivity contribution in [3.05, 3.63) is 33.8 Å². The molecule has 1 aromatic rings. The molecule has 0 saturated heterocycles. The first kappa shape index (κ1) is 14.7. The predicted octanol–water partition coefficient (Wildman–Crippen LogP) is 4.75. The van der Waals surface area contributed by atoms with Crippen molar-refractivity contribution >= 4 is 23.2 Å². The number of halogens is 2. The monoisotopic (exact) mass is 297 g/mol. The Hall–Kier alpha value is -0.750. The van der Waals surface area contributed by atoms with Crippen LogP contribution in [0.5, 0.6) is 0 Å². The first-order valence-electron chi connectivity index (χ1n) is 6.53. The van der Waals surface area contributed by atoms with E-state index in [2.05, 4.69) is 13.0 Å². The van der Waals surface area contributed by atoms with Crippen LogP contribution < -0.4 is 0 Å². The third-order valence-electron chi connectivity index (χ3n) is 4.04. The number of benzene rings is 1. The van der Waals surface area contributed by atoms with Crippen molar-refractivity contribution in [2.45, 2.75) is 38.7 Å². The maximum atomic E-state index is 10.6. The minimum atomic E-state index is -0.856. The summed E-state index contributed by atoms with van der Waals surface area (Å²) < 4.78 is 0. The minimum absolute atomic E-state index is 0.424. The predicted molar refractivity (Wildman–Crippen MR) is 77.1 cm³/mol. The van der Waals surface area contributed by atoms with Crippen LogP contribution in [0.1, 0.15) is 44.3 Å². The Kier molecular flexibility index (Phi) is 4.40. The Bertz CT molecular complexity index is 511. The van der Waals surface area contributed by atoms with Gasteiger partial charge in [0.05, 0.1) is 17.6 Å². The molecule has 0 aromatic heterocycles. The molecule has 0 heterocycles. The summed E-state index contributed by atoms with van der Waals surface area (Å²) in [5.74, 6) is 0.453. The molecule has 102 valence electrons. The van der Waals surface area contributed by atoms with Gasteiger partial charge in [0.1, 0.15) is 0 Å². The average molecular weight is 298 g/mol. The number of aliphatic hydroxyl groups is 1. The maximum absolute atomic E-state index is 10.6. The zero-order valence-electron chi connectivity index (χ0n) is 10.9. The van der Waals surface area contributed by atoms with Crippen LogP contribution in [-0.4, -0.2) is 5.11 Å². The van der Waals surface area contributed by atoms with Gasteiger partial charge < -0.3 is 5.11 Å². The summed E-state index contributed by atoms with van der Waals surface area (Å²) in [5.41, 5.74) is -0.128. The SMILES string of the molecule is CC1CCCC(C#N)(C(O)c2ccc(Cl)cc2Cl)C1. The molecule has 1 aliphatic rings. The highest BCUT2D eigenvalue weighted by atomic mass is 35.5. The maximum Gasteiger partial charge on any atom is 0.0990 e. The van der Waals surface area contributed by atoms with E-state index < -0.39 is 11.5 Å². The molecule has 1 saturated carbocycles. The van der Waals surface area contributed by atoms with Gasteiger partial charge in [0.25, 0.3) is 0 Å². The van der Waals surface area contributed by atoms with Crippen molar-refractivity contribution in [2.75, 3.05) is 0 Å². The summed E-state index contributed by atoms with van der Waals surface area (Å²) in [6, 6.07) is 7.37. The van der Waals surface area contributed by atoms with Gasteiger partial charge in [0, 0.05) is 15.6 Å². The van der Waals surface area contributed by atoms with Crippen LogP contribution >= 0.6 is 23.2 Å². The lowest BCUT2D eigenvalue weighted by Crippen LogP contribution is -2.33. The van der Waals surface area contributed by atoms with Gasteiger partial charge in [-0.1, -0.05) is 49.0 Å². The Morgan fingerprint density at radius 1 is 1.47 bits per heavy atom. The fourth-order valence-corrected chi connectivity index (χ4v) is 3.54. The Balaban J connectivity index is 2.35. The topological polar surface area (TPSA) is 44.0 Å². The second-order valence-corrected chi connectivity index (χ2v) is 6.38. The van der Waals surface area contributed by atoms with Crippen LogP contribution in [0.2, 0.25) is 10.0 Å². The minimum Gasteiger partial charge on any atom is -0.387 e. The van der Waals surface area contributed by atoms with Crippen LogP contribution in [0, 0.1) is 22.7 Å². The van der Waals surface area contributed by atoms with E-state index in [1.54, 1.807) is 18.2 Å². The third kappa shape index (κ3) is 2.89. The van der Waals surface area contributed by atoms with Gasteiger partial charge in [-0.2, -0.15) is 5.26 Å². The highest BCUT2D eigenvalue weighted by Crippen LogP contribution is 2.48. The lowest BCUT2D eigenvalue weighted by molar-refractivity contribution is 0.0220. The van der Waals surface area contributed by atoms with Crippen LogP contribution in [0.25, 0.3) is 0 Å². The zero-order chi connectivity index (χ0) is 14.0. The van der Waals surface area contributed by atoms with Crippen molar-refractivity contribution < 1.29 is 5.11 Å². The molecule has 0 bridgehead atoms. The summed E-state index contributed by atoms with van der Waals surface area (Å²) in [4.78, 5) is 0. The number of nitrogens with zero attached hydrogens (tertiary/aromatic N) is 1. The quantitative estimate of drug-likeness (QED) is 0.856. The molecular weight excluding hydrogens is 281 g/mol. The van der Waals surface area contributed by atoms with Gasteiger partial charge in [-0.15, -0.1) is 0 Å². The molecule has 1 N–H and O–H groups in total. The van der Waals surface area contributed by atoms with Gasteiger partial charge in [-0.25, -0.2) is 0 Å². The van der Waals surface area contributed by atoms with Gasteiger partial charge in [0.2, 0.25) is 0 Å². The molecule has 1 aliphatic carbocycles. The molecule has 2 rings (SSSR count). The molecule has 2 nitrogen and oxygen atoms in total. The van der Waals surface area contributed by atoms with Gasteiger partial charge in [-0.05, 0) is 30.9 Å². The van der Waals surface area contributed by atoms with Crippen LogP contribution in [0.4, 0.5) is 0 Å². The lowest BCUT2D eigenvalue weighted by Gasteiger charge is -2.38. The molecule has 3 atom stereocenters. The number of hydrogen-bond donors (Lipinski definition) is 1. The van der Waals surface area contributed by atoms with E-state index >= 15 is 0 Å². The molecular formula is C15H17Cl2NO. The van der Waals surface area contributed by atoms with Gasteiger partial charge >= 0.3 is 0 Å². The highest BCUT2D eigenvalue weighted by Gasteiger charge is 2.42. The zero-order valence-corrected chi connectivity index (χ0v) is 12.4. The number of rotatable bonds is 2. The summed E-state index contributed by atoms with van der Waals surface area (Å²) in [6.07, 6.45) is 2.66. The van der Waals surface area contributed by atoms with Crippen molar-refractivity contribution in [2.24, 2.45) is 11.3 Å². The normalized spacial score (nSPS) is 28.7. The lowest BCUT2D eigenvalue weighted by atomic mass is 9.66. The molecule has 0 radical (unpaired) electrons. The summed E-state index contributed by atoms with van der Waals surface area (Å²) >= 11 is 12.0. The largest absolute Gasteiger partial charge is 0.387 e. The fourth-order valence-electron chi connectivity index (χ4n) is 3.02. The molecule has 1 fully saturated rings. The first-order valence-corrected chi connectivity index (χ1v) is 7.28. The molecule has 0 amide bonds. The molecule has 0 spiro atoms. The molecule has 19 heavy (non-hydrogen) atoms. The van der Waals surface area contributed by atoms with Crippen LogP contribution in [0.3, 0.4) is 0 Å². The van der Waals surface area contributed by atoms with Crippen molar-refractivity contribution in [3.8, 4) is 6.07 Å². The number of nitriles is 1. The summed E-state index contributed by atoms with van der Waals surface area (Å²) in [6.45, 7) is 2.13. The average Bonchev–Trinajstić information content (AvgIpc) is 2.38. The Morgan fingerprint density at radius 2 is 2.21 bits per heavy atom. The van der Waals surface area contributed by atoms with Crippen LogP contribution in [0.15, 0.2) is 18.2 Å². The van der Waals surface area contributed by atoms with E-state index in [9.17, 15) is 10.4 Å². The molecule has 3 unspecified atom stereocenters.